The first-order valence-corrected chi connectivity index (χ1v) is 17.1. The molecule has 14 heteroatoms. The molecular weight excluding hydrogens is 655 g/mol. The van der Waals surface area contributed by atoms with Crippen LogP contribution < -0.4 is 10.2 Å². The van der Waals surface area contributed by atoms with Crippen LogP contribution in [-0.2, 0) is 9.53 Å². The number of H-pyrrole nitrogens is 1. The number of aromatic nitrogens is 3. The maximum absolute atomic E-state index is 14.0. The number of carbonyl (C=O) groups excluding carboxylic acids is 2. The minimum atomic E-state index is -0.838. The van der Waals surface area contributed by atoms with Crippen molar-refractivity contribution in [2.75, 3.05) is 44.7 Å². The zero-order valence-corrected chi connectivity index (χ0v) is 27.6. The minimum absolute atomic E-state index is 0.0177. The zero-order valence-electron chi connectivity index (χ0n) is 26.0. The van der Waals surface area contributed by atoms with E-state index in [1.165, 1.54) is 49.1 Å². The number of nitrogens with zero attached hydrogens (tertiary/aromatic N) is 6. The van der Waals surface area contributed by atoms with Crippen LogP contribution >= 0.6 is 22.9 Å². The Labute approximate surface area is 285 Å². The molecule has 0 radical (unpaired) electrons. The second-order valence-corrected chi connectivity index (χ2v) is 13.7. The average molecular weight is 687 g/mol. The number of hydrogen-bond donors (Lipinski definition) is 2. The van der Waals surface area contributed by atoms with Gasteiger partial charge in [-0.2, -0.15) is 0 Å². The van der Waals surface area contributed by atoms with Gasteiger partial charge in [0.15, 0.2) is 10.8 Å². The van der Waals surface area contributed by atoms with Crippen LogP contribution in [0.25, 0.3) is 11.4 Å². The van der Waals surface area contributed by atoms with Crippen LogP contribution in [0.4, 0.5) is 14.9 Å². The number of rotatable bonds is 8. The summed E-state index contributed by atoms with van der Waals surface area (Å²) in [5, 5.41) is 5.99. The van der Waals surface area contributed by atoms with E-state index in [4.69, 9.17) is 21.3 Å². The molecule has 4 aromatic rings. The van der Waals surface area contributed by atoms with E-state index in [-0.39, 0.29) is 17.1 Å². The summed E-state index contributed by atoms with van der Waals surface area (Å²) in [5.41, 5.74) is 4.38. The second kappa shape index (κ2) is 12.5. The van der Waals surface area contributed by atoms with Gasteiger partial charge in [0.1, 0.15) is 17.7 Å². The largest absolute Gasteiger partial charge is 0.466 e. The third-order valence-electron chi connectivity index (χ3n) is 9.31. The number of anilines is 1. The second-order valence-electron chi connectivity index (χ2n) is 12.4. The lowest BCUT2D eigenvalue weighted by atomic mass is 9.95. The summed E-state index contributed by atoms with van der Waals surface area (Å²) >= 11 is 7.91. The molecule has 2 saturated heterocycles. The summed E-state index contributed by atoms with van der Waals surface area (Å²) in [7, 11) is 1.32. The Kier molecular flexibility index (Phi) is 7.97. The number of ether oxygens (including phenoxy) is 1. The fraction of sp³-hybridized carbons (Fsp3) is 0.324. The summed E-state index contributed by atoms with van der Waals surface area (Å²) < 4.78 is 19.2. The molecule has 1 saturated carbocycles. The van der Waals surface area contributed by atoms with Gasteiger partial charge in [-0.15, -0.1) is 11.3 Å². The van der Waals surface area contributed by atoms with Crippen molar-refractivity contribution in [2.24, 2.45) is 4.99 Å². The number of nitrogens with one attached hydrogen (secondary N) is 2. The molecule has 0 bridgehead atoms. The van der Waals surface area contributed by atoms with Gasteiger partial charge in [-0.3, -0.25) is 14.8 Å². The fourth-order valence-electron chi connectivity index (χ4n) is 6.71. The quantitative estimate of drug-likeness (QED) is 0.240. The molecule has 1 aliphatic carbocycles. The van der Waals surface area contributed by atoms with Crippen molar-refractivity contribution in [3.63, 3.8) is 0 Å². The minimum Gasteiger partial charge on any atom is -0.466 e. The van der Waals surface area contributed by atoms with E-state index in [2.05, 4.69) is 25.2 Å². The number of imidazole rings is 1. The Balaban J connectivity index is 1.03. The maximum Gasteiger partial charge on any atom is 0.338 e. The van der Waals surface area contributed by atoms with Crippen molar-refractivity contribution in [3.8, 4) is 11.4 Å². The Hall–Kier alpha value is -4.59. The smallest absolute Gasteiger partial charge is 0.338 e. The first kappa shape index (κ1) is 30.7. The number of hydrogen-bond acceptors (Lipinski definition) is 9. The van der Waals surface area contributed by atoms with E-state index < -0.39 is 17.8 Å². The number of esters is 1. The number of aromatic amines is 1. The van der Waals surface area contributed by atoms with Gasteiger partial charge in [0.05, 0.1) is 18.7 Å². The van der Waals surface area contributed by atoms with Crippen molar-refractivity contribution in [2.45, 2.75) is 30.8 Å². The van der Waals surface area contributed by atoms with Crippen LogP contribution in [0.15, 0.2) is 76.5 Å². The summed E-state index contributed by atoms with van der Waals surface area (Å²) in [6.45, 7) is 2.64. The highest BCUT2D eigenvalue weighted by atomic mass is 35.5. The Morgan fingerprint density at radius 2 is 1.96 bits per heavy atom. The number of fused-ring (bicyclic) bond motifs is 1. The molecule has 2 unspecified atom stereocenters. The number of halogens is 2. The number of piperazine rings is 1. The molecule has 3 aliphatic heterocycles. The monoisotopic (exact) mass is 686 g/mol. The number of thiazole rings is 1. The van der Waals surface area contributed by atoms with E-state index in [9.17, 15) is 14.0 Å². The molecule has 5 heterocycles. The van der Waals surface area contributed by atoms with Gasteiger partial charge >= 0.3 is 12.0 Å². The van der Waals surface area contributed by atoms with E-state index >= 15 is 0 Å². The molecule has 8 rings (SSSR count). The van der Waals surface area contributed by atoms with Crippen molar-refractivity contribution in [1.82, 2.24) is 30.1 Å². The predicted molar refractivity (Wildman–Crippen MR) is 181 cm³/mol. The number of amidine groups is 1. The van der Waals surface area contributed by atoms with Crippen LogP contribution in [-0.4, -0.2) is 88.5 Å². The molecule has 11 nitrogen and oxygen atoms in total. The number of aliphatic imine (C=N–C) groups is 1. The van der Waals surface area contributed by atoms with E-state index in [0.29, 0.717) is 66.3 Å². The van der Waals surface area contributed by atoms with Crippen LogP contribution in [0.2, 0.25) is 5.02 Å². The summed E-state index contributed by atoms with van der Waals surface area (Å²) in [4.78, 5) is 50.1. The van der Waals surface area contributed by atoms with Crippen LogP contribution in [0.1, 0.15) is 41.1 Å². The lowest BCUT2D eigenvalue weighted by Gasteiger charge is -2.38. The molecule has 2 aromatic heterocycles. The third kappa shape index (κ3) is 5.75. The molecule has 48 heavy (non-hydrogen) atoms. The Morgan fingerprint density at radius 1 is 1.12 bits per heavy atom. The van der Waals surface area contributed by atoms with Crippen molar-refractivity contribution in [3.05, 3.63) is 98.6 Å². The molecule has 2 aromatic carbocycles. The van der Waals surface area contributed by atoms with Crippen LogP contribution in [0.5, 0.6) is 0 Å². The van der Waals surface area contributed by atoms with Crippen LogP contribution in [0.3, 0.4) is 0 Å². The lowest BCUT2D eigenvalue weighted by Crippen LogP contribution is -2.53. The fourth-order valence-corrected chi connectivity index (χ4v) is 7.56. The first-order valence-electron chi connectivity index (χ1n) is 15.8. The molecule has 2 atom stereocenters. The van der Waals surface area contributed by atoms with Gasteiger partial charge in [-0.25, -0.2) is 23.9 Å². The number of carbonyl (C=O) groups is 2. The highest BCUT2D eigenvalue weighted by Gasteiger charge is 2.42. The number of urea groups is 1. The molecule has 246 valence electrons. The van der Waals surface area contributed by atoms with E-state index in [0.717, 1.165) is 17.1 Å². The van der Waals surface area contributed by atoms with Gasteiger partial charge in [0, 0.05) is 89.6 Å². The topological polar surface area (TPSA) is 119 Å². The standard InChI is InChI=1S/C34H32ClFN8O3S/c1-47-33(45)28-27(40-31(32-37-10-13-48-32)41-29(28)24-9-6-21(36)14-25(24)35)18-42-11-12-43-23(16-42)17-44(34(43)46)22-7-4-20(5-8-22)30-38-15-26(39-30)19-2-3-19/h4-10,13-15,19,23,29H,2-3,11-12,16-18H2,1H3,(H,38,39)(H,40,41). The molecule has 2 N–H and O–H groups in total. The SMILES string of the molecule is COC(=O)C1=C(CN2CCN3C(=O)N(c4ccc(-c5ncc(C6CC6)[nH]5)cc4)CC3C2)NC(c2nccs2)=NC1c1ccc(F)cc1Cl. The number of amides is 2. The van der Waals surface area contributed by atoms with Gasteiger partial charge < -0.3 is 19.9 Å². The van der Waals surface area contributed by atoms with E-state index in [1.54, 1.807) is 12.3 Å². The zero-order chi connectivity index (χ0) is 32.9. The Bertz CT molecular complexity index is 1940. The number of benzene rings is 2. The Morgan fingerprint density at radius 3 is 2.69 bits per heavy atom. The first-order chi connectivity index (χ1) is 23.4. The number of methoxy groups -OCH3 is 1. The van der Waals surface area contributed by atoms with E-state index in [1.807, 2.05) is 45.6 Å². The maximum atomic E-state index is 14.0. The average Bonchev–Trinajstić information content (AvgIpc) is 3.44. The molecule has 3 fully saturated rings. The van der Waals surface area contributed by atoms with Gasteiger partial charge in [-0.1, -0.05) is 17.7 Å². The van der Waals surface area contributed by atoms with Gasteiger partial charge in [0.2, 0.25) is 0 Å². The molecule has 0 spiro atoms. The summed E-state index contributed by atoms with van der Waals surface area (Å²) in [6, 6.07) is 11.1. The summed E-state index contributed by atoms with van der Waals surface area (Å²) in [5.74, 6) is 0.880. The third-order valence-corrected chi connectivity index (χ3v) is 10.4. The highest BCUT2D eigenvalue weighted by Crippen LogP contribution is 2.40. The van der Waals surface area contributed by atoms with Crippen molar-refractivity contribution < 1.29 is 18.7 Å². The normalized spacial score (nSPS) is 21.3. The lowest BCUT2D eigenvalue weighted by molar-refractivity contribution is -0.136. The van der Waals surface area contributed by atoms with Crippen molar-refractivity contribution >= 4 is 46.5 Å². The molecular formula is C34H32ClFN8O3S. The predicted octanol–water partition coefficient (Wildman–Crippen LogP) is 5.35. The molecule has 4 aliphatic rings. The van der Waals surface area contributed by atoms with Crippen molar-refractivity contribution in [1.29, 1.82) is 0 Å². The highest BCUT2D eigenvalue weighted by molar-refractivity contribution is 7.11. The van der Waals surface area contributed by atoms with Crippen LogP contribution in [0, 0.1) is 5.82 Å². The molecule has 2 amide bonds. The summed E-state index contributed by atoms with van der Waals surface area (Å²) in [6.07, 6.45) is 6.02. The van der Waals surface area contributed by atoms with Gasteiger partial charge in [-0.05, 0) is 49.2 Å². The van der Waals surface area contributed by atoms with Gasteiger partial charge in [0.25, 0.3) is 0 Å².